The van der Waals surface area contributed by atoms with E-state index < -0.39 is 34.0 Å². The fourth-order valence-electron chi connectivity index (χ4n) is 2.68. The lowest BCUT2D eigenvalue weighted by molar-refractivity contribution is -0.134. The van der Waals surface area contributed by atoms with Crippen LogP contribution in [0.3, 0.4) is 0 Å². The van der Waals surface area contributed by atoms with Crippen LogP contribution in [0.5, 0.6) is 0 Å². The summed E-state index contributed by atoms with van der Waals surface area (Å²) in [5.74, 6) is -0.344. The molecule has 1 fully saturated rings. The smallest absolute Gasteiger partial charge is 0.407 e. The number of amides is 2. The maximum absolute atomic E-state index is 12.2. The van der Waals surface area contributed by atoms with Crippen LogP contribution in [0, 0.1) is 5.92 Å². The van der Waals surface area contributed by atoms with Crippen LogP contribution in [0.1, 0.15) is 40.0 Å². The number of alkyl carbamates (subject to hydrolysis) is 1. The van der Waals surface area contributed by atoms with Gasteiger partial charge in [0.15, 0.2) is 0 Å². The Morgan fingerprint density at radius 3 is 2.21 bits per heavy atom. The Labute approximate surface area is 144 Å². The van der Waals surface area contributed by atoms with Crippen molar-refractivity contribution in [3.63, 3.8) is 0 Å². The number of hydrogen-bond acceptors (Lipinski definition) is 6. The molecule has 1 N–H and O–H groups in total. The molecule has 2 amide bonds. The van der Waals surface area contributed by atoms with Gasteiger partial charge in [-0.15, -0.1) is 0 Å². The summed E-state index contributed by atoms with van der Waals surface area (Å²) in [5.41, 5.74) is -0.676. The summed E-state index contributed by atoms with van der Waals surface area (Å²) in [7, 11) is -0.340. The van der Waals surface area contributed by atoms with Crippen LogP contribution in [-0.2, 0) is 23.8 Å². The maximum atomic E-state index is 12.2. The summed E-state index contributed by atoms with van der Waals surface area (Å²) in [5, 5.41) is 2.65. The summed E-state index contributed by atoms with van der Waals surface area (Å²) in [6, 6.07) is -0.614. The molecule has 1 aliphatic rings. The minimum Gasteiger partial charge on any atom is -0.444 e. The van der Waals surface area contributed by atoms with Gasteiger partial charge in [-0.1, -0.05) is 0 Å². The van der Waals surface area contributed by atoms with E-state index in [0.29, 0.717) is 19.3 Å². The lowest BCUT2D eigenvalue weighted by Crippen LogP contribution is -2.51. The number of rotatable bonds is 4. The predicted octanol–water partition coefficient (Wildman–Crippen LogP) is 1.11. The number of carbonyl (C=O) groups is 2. The van der Waals surface area contributed by atoms with Gasteiger partial charge in [0.2, 0.25) is 5.91 Å². The Morgan fingerprint density at radius 2 is 1.75 bits per heavy atom. The molecule has 0 aromatic heterocycles. The number of hydrogen-bond donors (Lipinski definition) is 1. The average Bonchev–Trinajstić information content (AvgIpc) is 2.35. The summed E-state index contributed by atoms with van der Waals surface area (Å²) < 4.78 is 33.2. The minimum absolute atomic E-state index is 0.0520. The number of nitrogens with one attached hydrogen (secondary N) is 1. The van der Waals surface area contributed by atoms with Gasteiger partial charge in [-0.25, -0.2) is 4.79 Å². The third-order valence-electron chi connectivity index (χ3n) is 3.58. The van der Waals surface area contributed by atoms with Crippen molar-refractivity contribution < 1.29 is 26.9 Å². The highest BCUT2D eigenvalue weighted by atomic mass is 32.2. The molecule has 0 aliphatic heterocycles. The molecule has 1 saturated carbocycles. The molecule has 0 aromatic carbocycles. The number of ether oxygens (including phenoxy) is 1. The van der Waals surface area contributed by atoms with Gasteiger partial charge < -0.3 is 15.0 Å². The minimum atomic E-state index is -3.67. The fraction of sp³-hybridized carbons (Fsp3) is 0.867. The van der Waals surface area contributed by atoms with E-state index in [4.69, 9.17) is 8.92 Å². The molecule has 0 unspecified atom stereocenters. The van der Waals surface area contributed by atoms with E-state index in [0.717, 1.165) is 6.26 Å². The highest BCUT2D eigenvalue weighted by molar-refractivity contribution is 7.86. The number of carbonyl (C=O) groups excluding carboxylic acids is 2. The molecule has 140 valence electrons. The van der Waals surface area contributed by atoms with E-state index in [1.165, 1.54) is 4.90 Å². The SMILES string of the molecule is CN(C)C(=O)[C@@H]1CC[C@@H](OS(C)(=O)=O)[C@H](NC(=O)OC(C)(C)C)C1. The van der Waals surface area contributed by atoms with Crippen LogP contribution in [0.4, 0.5) is 4.79 Å². The summed E-state index contributed by atoms with van der Waals surface area (Å²) in [6.07, 6.45) is 0.762. The van der Waals surface area contributed by atoms with Crippen molar-refractivity contribution in [3.05, 3.63) is 0 Å². The zero-order valence-corrected chi connectivity index (χ0v) is 16.0. The van der Waals surface area contributed by atoms with Crippen LogP contribution in [0.2, 0.25) is 0 Å². The van der Waals surface area contributed by atoms with Gasteiger partial charge in [0, 0.05) is 20.0 Å². The molecule has 24 heavy (non-hydrogen) atoms. The van der Waals surface area contributed by atoms with E-state index in [2.05, 4.69) is 5.32 Å². The van der Waals surface area contributed by atoms with Gasteiger partial charge in [0.25, 0.3) is 10.1 Å². The molecule has 1 aliphatic carbocycles. The lowest BCUT2D eigenvalue weighted by atomic mass is 9.83. The van der Waals surface area contributed by atoms with E-state index in [9.17, 15) is 18.0 Å². The van der Waals surface area contributed by atoms with Gasteiger partial charge in [0.1, 0.15) is 5.60 Å². The first-order valence-corrected chi connectivity index (χ1v) is 9.69. The van der Waals surface area contributed by atoms with Crippen molar-refractivity contribution in [2.45, 2.75) is 57.8 Å². The quantitative estimate of drug-likeness (QED) is 0.750. The third-order valence-corrected chi connectivity index (χ3v) is 4.17. The van der Waals surface area contributed by atoms with Gasteiger partial charge in [-0.3, -0.25) is 8.98 Å². The summed E-state index contributed by atoms with van der Waals surface area (Å²) >= 11 is 0. The first kappa shape index (κ1) is 20.7. The van der Waals surface area contributed by atoms with Crippen LogP contribution >= 0.6 is 0 Å². The molecule has 0 spiro atoms. The maximum Gasteiger partial charge on any atom is 0.407 e. The van der Waals surface area contributed by atoms with Crippen LogP contribution in [0.25, 0.3) is 0 Å². The summed E-state index contributed by atoms with van der Waals surface area (Å²) in [4.78, 5) is 25.7. The van der Waals surface area contributed by atoms with Gasteiger partial charge in [-0.2, -0.15) is 8.42 Å². The highest BCUT2D eigenvalue weighted by Gasteiger charge is 2.38. The predicted molar refractivity (Wildman–Crippen MR) is 88.9 cm³/mol. The van der Waals surface area contributed by atoms with Crippen molar-refractivity contribution >= 4 is 22.1 Å². The van der Waals surface area contributed by atoms with Crippen molar-refractivity contribution in [3.8, 4) is 0 Å². The largest absolute Gasteiger partial charge is 0.444 e. The molecule has 9 heteroatoms. The first-order valence-electron chi connectivity index (χ1n) is 7.87. The van der Waals surface area contributed by atoms with Crippen molar-refractivity contribution in [2.24, 2.45) is 5.92 Å². The van der Waals surface area contributed by atoms with Crippen molar-refractivity contribution in [1.29, 1.82) is 0 Å². The Balaban J connectivity index is 2.86. The van der Waals surface area contributed by atoms with Crippen molar-refractivity contribution in [2.75, 3.05) is 20.4 Å². The molecule has 0 radical (unpaired) electrons. The second kappa shape index (κ2) is 7.69. The monoisotopic (exact) mass is 364 g/mol. The second-order valence-electron chi connectivity index (χ2n) is 7.33. The first-order chi connectivity index (χ1) is 10.8. The topological polar surface area (TPSA) is 102 Å². The third kappa shape index (κ3) is 7.04. The van der Waals surface area contributed by atoms with Gasteiger partial charge >= 0.3 is 6.09 Å². The van der Waals surface area contributed by atoms with Crippen LogP contribution in [0.15, 0.2) is 0 Å². The van der Waals surface area contributed by atoms with E-state index in [-0.39, 0.29) is 11.8 Å². The van der Waals surface area contributed by atoms with Gasteiger partial charge in [-0.05, 0) is 40.0 Å². The molecular weight excluding hydrogens is 336 g/mol. The second-order valence-corrected chi connectivity index (χ2v) is 8.93. The number of nitrogens with zero attached hydrogens (tertiary/aromatic N) is 1. The van der Waals surface area contributed by atoms with Crippen molar-refractivity contribution in [1.82, 2.24) is 10.2 Å². The molecule has 0 heterocycles. The molecule has 0 aromatic rings. The Hall–Kier alpha value is -1.35. The lowest BCUT2D eigenvalue weighted by Gasteiger charge is -2.36. The van der Waals surface area contributed by atoms with Crippen LogP contribution in [-0.4, -0.2) is 63.4 Å². The van der Waals surface area contributed by atoms with E-state index in [1.54, 1.807) is 34.9 Å². The Morgan fingerprint density at radius 1 is 1.17 bits per heavy atom. The molecule has 3 atom stereocenters. The van der Waals surface area contributed by atoms with Gasteiger partial charge in [0.05, 0.1) is 18.4 Å². The van der Waals surface area contributed by atoms with E-state index in [1.807, 2.05) is 0 Å². The Kier molecular flexibility index (Phi) is 6.63. The zero-order chi connectivity index (χ0) is 18.7. The molecule has 0 bridgehead atoms. The Bertz CT molecular complexity index is 567. The highest BCUT2D eigenvalue weighted by Crippen LogP contribution is 2.29. The molecule has 8 nitrogen and oxygen atoms in total. The average molecular weight is 364 g/mol. The fourth-order valence-corrected chi connectivity index (χ4v) is 3.36. The molecular formula is C15H28N2O6S. The summed E-state index contributed by atoms with van der Waals surface area (Å²) in [6.45, 7) is 5.20. The zero-order valence-electron chi connectivity index (χ0n) is 15.2. The van der Waals surface area contributed by atoms with Crippen LogP contribution < -0.4 is 5.32 Å². The normalized spacial score (nSPS) is 25.0. The molecule has 1 rings (SSSR count). The standard InChI is InChI=1S/C15H28N2O6S/c1-15(2,3)22-14(19)16-11-9-10(13(18)17(4)5)7-8-12(11)23-24(6,20)21/h10-12H,7-9H2,1-6H3,(H,16,19)/t10-,11-,12-/m1/s1. The van der Waals surface area contributed by atoms with E-state index >= 15 is 0 Å². The molecule has 0 saturated heterocycles.